The van der Waals surface area contributed by atoms with Gasteiger partial charge in [0.05, 0.1) is 0 Å². The van der Waals surface area contributed by atoms with Crippen molar-refractivity contribution in [1.82, 2.24) is 15.0 Å². The topological polar surface area (TPSA) is 50.9 Å². The van der Waals surface area contributed by atoms with E-state index in [2.05, 4.69) is 17.1 Å². The van der Waals surface area contributed by atoms with Gasteiger partial charge in [-0.2, -0.15) is 0 Å². The number of phenolic OH excluding ortho intramolecular Hbond substituents is 1. The SMILES string of the molecule is CCc1cc(CC)c(O)c(-n2nc3ccccc3n2)c1. The Labute approximate surface area is 117 Å². The molecule has 4 heteroatoms. The van der Waals surface area contributed by atoms with Crippen molar-refractivity contribution in [2.24, 2.45) is 0 Å². The fourth-order valence-corrected chi connectivity index (χ4v) is 2.34. The van der Waals surface area contributed by atoms with Crippen LogP contribution in [0, 0.1) is 0 Å². The summed E-state index contributed by atoms with van der Waals surface area (Å²) in [6.45, 7) is 4.13. The third-order valence-electron chi connectivity index (χ3n) is 3.52. The van der Waals surface area contributed by atoms with E-state index in [4.69, 9.17) is 0 Å². The van der Waals surface area contributed by atoms with Gasteiger partial charge in [0, 0.05) is 0 Å². The average molecular weight is 267 g/mol. The first-order valence-electron chi connectivity index (χ1n) is 6.90. The molecule has 3 rings (SSSR count). The lowest BCUT2D eigenvalue weighted by Gasteiger charge is -2.10. The van der Waals surface area contributed by atoms with E-state index in [0.29, 0.717) is 5.69 Å². The number of aromatic nitrogens is 3. The van der Waals surface area contributed by atoms with Gasteiger partial charge in [-0.3, -0.25) is 0 Å². The Bertz CT molecular complexity index is 729. The molecule has 2 aromatic carbocycles. The fourth-order valence-electron chi connectivity index (χ4n) is 2.34. The largest absolute Gasteiger partial charge is 0.505 e. The highest BCUT2D eigenvalue weighted by Gasteiger charge is 2.13. The van der Waals surface area contributed by atoms with E-state index in [1.165, 1.54) is 10.4 Å². The molecule has 1 aromatic heterocycles. The molecule has 3 aromatic rings. The molecule has 1 heterocycles. The van der Waals surface area contributed by atoms with Crippen LogP contribution in [0.2, 0.25) is 0 Å². The zero-order valence-corrected chi connectivity index (χ0v) is 11.7. The smallest absolute Gasteiger partial charge is 0.146 e. The van der Waals surface area contributed by atoms with Gasteiger partial charge in [-0.25, -0.2) is 0 Å². The molecular weight excluding hydrogens is 250 g/mol. The van der Waals surface area contributed by atoms with Crippen LogP contribution in [0.4, 0.5) is 0 Å². The van der Waals surface area contributed by atoms with E-state index < -0.39 is 0 Å². The minimum atomic E-state index is 0.269. The summed E-state index contributed by atoms with van der Waals surface area (Å²) in [6, 6.07) is 11.7. The highest BCUT2D eigenvalue weighted by molar-refractivity contribution is 5.73. The third-order valence-corrected chi connectivity index (χ3v) is 3.52. The molecule has 0 fully saturated rings. The Balaban J connectivity index is 2.22. The van der Waals surface area contributed by atoms with Gasteiger partial charge in [0.25, 0.3) is 0 Å². The first kappa shape index (κ1) is 12.7. The maximum Gasteiger partial charge on any atom is 0.146 e. The number of nitrogens with zero attached hydrogens (tertiary/aromatic N) is 3. The summed E-state index contributed by atoms with van der Waals surface area (Å²) in [6.07, 6.45) is 1.70. The van der Waals surface area contributed by atoms with Crippen LogP contribution < -0.4 is 0 Å². The third kappa shape index (κ3) is 2.03. The van der Waals surface area contributed by atoms with Crippen LogP contribution in [-0.2, 0) is 12.8 Å². The van der Waals surface area contributed by atoms with E-state index in [0.717, 1.165) is 29.4 Å². The molecule has 20 heavy (non-hydrogen) atoms. The van der Waals surface area contributed by atoms with Crippen LogP contribution in [-0.4, -0.2) is 20.1 Å². The Morgan fingerprint density at radius 3 is 2.20 bits per heavy atom. The lowest BCUT2D eigenvalue weighted by Crippen LogP contribution is -2.02. The van der Waals surface area contributed by atoms with Crippen LogP contribution >= 0.6 is 0 Å². The van der Waals surface area contributed by atoms with Gasteiger partial charge in [-0.05, 0) is 42.2 Å². The number of hydrogen-bond donors (Lipinski definition) is 1. The van der Waals surface area contributed by atoms with Crippen molar-refractivity contribution in [2.75, 3.05) is 0 Å². The standard InChI is InChI=1S/C16H17N3O/c1-3-11-9-12(4-2)16(20)15(10-11)19-17-13-7-5-6-8-14(13)18-19/h5-10,20H,3-4H2,1-2H3. The fraction of sp³-hybridized carbons (Fsp3) is 0.250. The lowest BCUT2D eigenvalue weighted by atomic mass is 10.0. The van der Waals surface area contributed by atoms with Crippen LogP contribution in [0.15, 0.2) is 36.4 Å². The van der Waals surface area contributed by atoms with Crippen LogP contribution in [0.25, 0.3) is 16.7 Å². The normalized spacial score (nSPS) is 11.1. The number of aryl methyl sites for hydroxylation is 2. The Hall–Kier alpha value is -2.36. The number of phenols is 1. The molecule has 0 saturated heterocycles. The first-order chi connectivity index (χ1) is 9.72. The minimum absolute atomic E-state index is 0.269. The van der Waals surface area contributed by atoms with Crippen molar-refractivity contribution in [2.45, 2.75) is 26.7 Å². The predicted octanol–water partition coefficient (Wildman–Crippen LogP) is 3.25. The zero-order valence-electron chi connectivity index (χ0n) is 11.7. The molecule has 0 amide bonds. The van der Waals surface area contributed by atoms with Crippen LogP contribution in [0.3, 0.4) is 0 Å². The first-order valence-corrected chi connectivity index (χ1v) is 6.90. The summed E-state index contributed by atoms with van der Waals surface area (Å²) in [7, 11) is 0. The molecule has 0 atom stereocenters. The number of benzene rings is 2. The molecule has 0 aliphatic rings. The average Bonchev–Trinajstić information content (AvgIpc) is 2.91. The molecule has 0 spiro atoms. The van der Waals surface area contributed by atoms with Crippen molar-refractivity contribution in [1.29, 1.82) is 0 Å². The summed E-state index contributed by atoms with van der Waals surface area (Å²) in [5, 5.41) is 19.3. The zero-order chi connectivity index (χ0) is 14.1. The van der Waals surface area contributed by atoms with Crippen LogP contribution in [0.5, 0.6) is 5.75 Å². The summed E-state index contributed by atoms with van der Waals surface area (Å²) < 4.78 is 0. The van der Waals surface area contributed by atoms with E-state index in [1.807, 2.05) is 43.3 Å². The molecule has 0 aliphatic heterocycles. The van der Waals surface area contributed by atoms with Crippen molar-refractivity contribution in [3.8, 4) is 11.4 Å². The van der Waals surface area contributed by atoms with Crippen molar-refractivity contribution in [3.05, 3.63) is 47.5 Å². The summed E-state index contributed by atoms with van der Waals surface area (Å²) in [4.78, 5) is 1.53. The maximum absolute atomic E-state index is 10.4. The number of aromatic hydroxyl groups is 1. The molecule has 0 aliphatic carbocycles. The number of rotatable bonds is 3. The summed E-state index contributed by atoms with van der Waals surface area (Å²) in [5.41, 5.74) is 4.41. The van der Waals surface area contributed by atoms with E-state index in [-0.39, 0.29) is 5.75 Å². The molecule has 4 nitrogen and oxygen atoms in total. The Kier molecular flexibility index (Phi) is 3.14. The second-order valence-corrected chi connectivity index (χ2v) is 4.81. The molecule has 1 N–H and O–H groups in total. The van der Waals surface area contributed by atoms with Crippen molar-refractivity contribution in [3.63, 3.8) is 0 Å². The van der Waals surface area contributed by atoms with Crippen molar-refractivity contribution < 1.29 is 5.11 Å². The second kappa shape index (κ2) is 4.96. The maximum atomic E-state index is 10.4. The summed E-state index contributed by atoms with van der Waals surface area (Å²) >= 11 is 0. The van der Waals surface area contributed by atoms with E-state index in [1.54, 1.807) is 0 Å². The Morgan fingerprint density at radius 1 is 1.00 bits per heavy atom. The van der Waals surface area contributed by atoms with Gasteiger partial charge in [0.2, 0.25) is 0 Å². The predicted molar refractivity (Wildman–Crippen MR) is 79.3 cm³/mol. The van der Waals surface area contributed by atoms with Gasteiger partial charge >= 0.3 is 0 Å². The highest BCUT2D eigenvalue weighted by Crippen LogP contribution is 2.28. The molecule has 0 saturated carbocycles. The Morgan fingerprint density at radius 2 is 1.65 bits per heavy atom. The lowest BCUT2D eigenvalue weighted by molar-refractivity contribution is 0.461. The second-order valence-electron chi connectivity index (χ2n) is 4.81. The molecule has 0 bridgehead atoms. The van der Waals surface area contributed by atoms with Gasteiger partial charge in [-0.15, -0.1) is 15.0 Å². The van der Waals surface area contributed by atoms with Crippen molar-refractivity contribution >= 4 is 11.0 Å². The molecule has 102 valence electrons. The van der Waals surface area contributed by atoms with Crippen LogP contribution in [0.1, 0.15) is 25.0 Å². The molecular formula is C16H17N3O. The van der Waals surface area contributed by atoms with Gasteiger partial charge in [-0.1, -0.05) is 32.0 Å². The van der Waals surface area contributed by atoms with E-state index >= 15 is 0 Å². The molecule has 0 unspecified atom stereocenters. The number of hydrogen-bond acceptors (Lipinski definition) is 3. The monoisotopic (exact) mass is 267 g/mol. The molecule has 0 radical (unpaired) electrons. The number of fused-ring (bicyclic) bond motifs is 1. The summed E-state index contributed by atoms with van der Waals surface area (Å²) in [5.74, 6) is 0.269. The van der Waals surface area contributed by atoms with E-state index in [9.17, 15) is 5.11 Å². The minimum Gasteiger partial charge on any atom is -0.505 e. The quantitative estimate of drug-likeness (QED) is 0.792. The van der Waals surface area contributed by atoms with Gasteiger partial charge < -0.3 is 5.11 Å². The highest BCUT2D eigenvalue weighted by atomic mass is 16.3. The van der Waals surface area contributed by atoms with Gasteiger partial charge in [0.1, 0.15) is 22.5 Å². The van der Waals surface area contributed by atoms with Gasteiger partial charge in [0.15, 0.2) is 0 Å².